The van der Waals surface area contributed by atoms with E-state index in [2.05, 4.69) is 52.0 Å². The Balaban J connectivity index is 1.56. The smallest absolute Gasteiger partial charge is 0.0606 e. The zero-order valence-corrected chi connectivity index (χ0v) is 14.6. The minimum absolute atomic E-state index is 0.236. The normalized spacial score (nSPS) is 18.5. The van der Waals surface area contributed by atoms with Gasteiger partial charge in [0, 0.05) is 44.4 Å². The van der Waals surface area contributed by atoms with Crippen molar-refractivity contribution in [2.24, 2.45) is 0 Å². The van der Waals surface area contributed by atoms with Crippen molar-refractivity contribution < 1.29 is 5.11 Å². The lowest BCUT2D eigenvalue weighted by molar-refractivity contribution is 0.0605. The van der Waals surface area contributed by atoms with Crippen LogP contribution in [0.25, 0.3) is 0 Å². The Kier molecular flexibility index (Phi) is 6.64. The van der Waals surface area contributed by atoms with Crippen molar-refractivity contribution in [1.29, 1.82) is 0 Å². The first-order valence-corrected chi connectivity index (χ1v) is 9.00. The van der Waals surface area contributed by atoms with Crippen LogP contribution in [-0.2, 0) is 6.54 Å². The Bertz CT molecular complexity index is 690. The van der Waals surface area contributed by atoms with Gasteiger partial charge in [0.15, 0.2) is 0 Å². The first kappa shape index (κ1) is 17.7. The summed E-state index contributed by atoms with van der Waals surface area (Å²) in [5.41, 5.74) is 2.40. The van der Waals surface area contributed by atoms with Crippen LogP contribution in [0.15, 0.2) is 60.7 Å². The van der Waals surface area contributed by atoms with Gasteiger partial charge in [-0.3, -0.25) is 9.80 Å². The van der Waals surface area contributed by atoms with Crippen LogP contribution in [0.1, 0.15) is 17.5 Å². The van der Waals surface area contributed by atoms with Gasteiger partial charge in [0.25, 0.3) is 0 Å². The zero-order chi connectivity index (χ0) is 17.3. The number of nitrogens with zero attached hydrogens (tertiary/aromatic N) is 2. The maximum atomic E-state index is 9.44. The first-order chi connectivity index (χ1) is 12.3. The fourth-order valence-corrected chi connectivity index (χ4v) is 3.32. The molecule has 1 N–H and O–H groups in total. The average molecular weight is 334 g/mol. The quantitative estimate of drug-likeness (QED) is 0.852. The molecule has 0 saturated carbocycles. The molecule has 1 fully saturated rings. The third-order valence-electron chi connectivity index (χ3n) is 4.69. The van der Waals surface area contributed by atoms with E-state index in [4.69, 9.17) is 0 Å². The standard InChI is InChI=1S/C22H26N2O/c25-17-13-22-19-23(14-7-12-20-8-3-1-4-9-20)15-16-24(22)18-21-10-5-2-6-11-21/h1-6,8-11,22,25H,13-19H2/t22-/m1/s1. The van der Waals surface area contributed by atoms with Crippen molar-refractivity contribution in [3.8, 4) is 11.8 Å². The second-order valence-corrected chi connectivity index (χ2v) is 6.53. The van der Waals surface area contributed by atoms with E-state index in [9.17, 15) is 5.11 Å². The van der Waals surface area contributed by atoms with Gasteiger partial charge < -0.3 is 5.11 Å². The molecule has 2 aromatic carbocycles. The molecule has 130 valence electrons. The second kappa shape index (κ2) is 9.39. The fraction of sp³-hybridized carbons (Fsp3) is 0.364. The monoisotopic (exact) mass is 334 g/mol. The highest BCUT2D eigenvalue weighted by Crippen LogP contribution is 2.16. The third-order valence-corrected chi connectivity index (χ3v) is 4.69. The van der Waals surface area contributed by atoms with Gasteiger partial charge in [-0.2, -0.15) is 0 Å². The van der Waals surface area contributed by atoms with Crippen molar-refractivity contribution in [3.05, 3.63) is 71.8 Å². The molecule has 0 radical (unpaired) electrons. The molecule has 3 nitrogen and oxygen atoms in total. The molecule has 1 atom stereocenters. The van der Waals surface area contributed by atoms with Crippen molar-refractivity contribution in [3.63, 3.8) is 0 Å². The summed E-state index contributed by atoms with van der Waals surface area (Å²) in [5, 5.41) is 9.44. The first-order valence-electron chi connectivity index (χ1n) is 9.00. The number of piperazine rings is 1. The lowest BCUT2D eigenvalue weighted by Gasteiger charge is -2.40. The number of hydrogen-bond acceptors (Lipinski definition) is 3. The van der Waals surface area contributed by atoms with E-state index in [0.29, 0.717) is 6.04 Å². The average Bonchev–Trinajstić information content (AvgIpc) is 2.66. The predicted octanol–water partition coefficient (Wildman–Crippen LogP) is 2.61. The van der Waals surface area contributed by atoms with Crippen molar-refractivity contribution in [2.45, 2.75) is 19.0 Å². The predicted molar refractivity (Wildman–Crippen MR) is 102 cm³/mol. The molecule has 1 heterocycles. The Labute approximate surface area is 150 Å². The number of benzene rings is 2. The molecule has 0 aliphatic carbocycles. The van der Waals surface area contributed by atoms with E-state index in [1.807, 2.05) is 30.3 Å². The summed E-state index contributed by atoms with van der Waals surface area (Å²) in [4.78, 5) is 4.89. The van der Waals surface area contributed by atoms with Crippen LogP contribution in [0.2, 0.25) is 0 Å². The summed E-state index contributed by atoms with van der Waals surface area (Å²) in [5.74, 6) is 6.53. The van der Waals surface area contributed by atoms with Gasteiger partial charge in [-0.05, 0) is 24.1 Å². The summed E-state index contributed by atoms with van der Waals surface area (Å²) < 4.78 is 0. The van der Waals surface area contributed by atoms with Gasteiger partial charge in [-0.25, -0.2) is 0 Å². The summed E-state index contributed by atoms with van der Waals surface area (Å²) in [6, 6.07) is 21.1. The number of rotatable bonds is 5. The van der Waals surface area contributed by atoms with Crippen LogP contribution in [-0.4, -0.2) is 53.7 Å². The van der Waals surface area contributed by atoms with Gasteiger partial charge >= 0.3 is 0 Å². The molecule has 0 spiro atoms. The van der Waals surface area contributed by atoms with Crippen molar-refractivity contribution in [2.75, 3.05) is 32.8 Å². The Hall–Kier alpha value is -2.12. The molecule has 0 bridgehead atoms. The van der Waals surface area contributed by atoms with Crippen LogP contribution in [0.3, 0.4) is 0 Å². The number of aliphatic hydroxyl groups is 1. The summed E-state index contributed by atoms with van der Waals surface area (Å²) in [6.07, 6.45) is 0.815. The molecule has 1 aliphatic heterocycles. The molecule has 1 saturated heterocycles. The molecule has 3 heteroatoms. The minimum Gasteiger partial charge on any atom is -0.396 e. The van der Waals surface area contributed by atoms with E-state index in [-0.39, 0.29) is 6.61 Å². The Morgan fingerprint density at radius 2 is 1.68 bits per heavy atom. The highest BCUT2D eigenvalue weighted by atomic mass is 16.3. The number of hydrogen-bond donors (Lipinski definition) is 1. The number of aliphatic hydroxyl groups excluding tert-OH is 1. The van der Waals surface area contributed by atoms with Crippen molar-refractivity contribution >= 4 is 0 Å². The third kappa shape index (κ3) is 5.44. The van der Waals surface area contributed by atoms with Crippen molar-refractivity contribution in [1.82, 2.24) is 9.80 Å². The highest BCUT2D eigenvalue weighted by molar-refractivity contribution is 5.33. The molecule has 3 rings (SSSR count). The maximum absolute atomic E-state index is 9.44. The molecule has 2 aromatic rings. The van der Waals surface area contributed by atoms with Crippen LogP contribution in [0, 0.1) is 11.8 Å². The van der Waals surface area contributed by atoms with E-state index >= 15 is 0 Å². The van der Waals surface area contributed by atoms with Gasteiger partial charge in [-0.1, -0.05) is 60.4 Å². The van der Waals surface area contributed by atoms with Crippen LogP contribution >= 0.6 is 0 Å². The Morgan fingerprint density at radius 3 is 2.40 bits per heavy atom. The Morgan fingerprint density at radius 1 is 0.960 bits per heavy atom. The van der Waals surface area contributed by atoms with Crippen LogP contribution in [0.4, 0.5) is 0 Å². The second-order valence-electron chi connectivity index (χ2n) is 6.53. The van der Waals surface area contributed by atoms with Gasteiger partial charge in [0.05, 0.1) is 6.54 Å². The van der Waals surface area contributed by atoms with Gasteiger partial charge in [0.2, 0.25) is 0 Å². The molecule has 1 aliphatic rings. The maximum Gasteiger partial charge on any atom is 0.0606 e. The zero-order valence-electron chi connectivity index (χ0n) is 14.6. The minimum atomic E-state index is 0.236. The molecule has 0 aromatic heterocycles. The summed E-state index contributed by atoms with van der Waals surface area (Å²) >= 11 is 0. The largest absolute Gasteiger partial charge is 0.396 e. The molecule has 25 heavy (non-hydrogen) atoms. The summed E-state index contributed by atoms with van der Waals surface area (Å²) in [7, 11) is 0. The topological polar surface area (TPSA) is 26.7 Å². The molecule has 0 amide bonds. The van der Waals surface area contributed by atoms with Gasteiger partial charge in [0.1, 0.15) is 0 Å². The SMILES string of the molecule is OCC[C@@H]1CN(CC#Cc2ccccc2)CCN1Cc1ccccc1. The highest BCUT2D eigenvalue weighted by Gasteiger charge is 2.26. The lowest BCUT2D eigenvalue weighted by atomic mass is 10.1. The molecule has 0 unspecified atom stereocenters. The van der Waals surface area contributed by atoms with E-state index in [1.165, 1.54) is 5.56 Å². The van der Waals surface area contributed by atoms with E-state index < -0.39 is 0 Å². The van der Waals surface area contributed by atoms with Gasteiger partial charge in [-0.15, -0.1) is 0 Å². The van der Waals surface area contributed by atoms with E-state index in [1.54, 1.807) is 0 Å². The molecular weight excluding hydrogens is 308 g/mol. The summed E-state index contributed by atoms with van der Waals surface area (Å²) in [6.45, 7) is 4.99. The van der Waals surface area contributed by atoms with E-state index in [0.717, 1.165) is 44.7 Å². The fourth-order valence-electron chi connectivity index (χ4n) is 3.32. The lowest BCUT2D eigenvalue weighted by Crippen LogP contribution is -2.52. The molecular formula is C22H26N2O. The van der Waals surface area contributed by atoms with Crippen LogP contribution < -0.4 is 0 Å². The van der Waals surface area contributed by atoms with Crippen LogP contribution in [0.5, 0.6) is 0 Å².